The minimum absolute atomic E-state index is 0.514. The molecule has 2 N–H and O–H groups in total. The van der Waals surface area contributed by atoms with Crippen LogP contribution in [0, 0.1) is 0 Å². The molecular formula is C11H11N3O. The normalized spacial score (nSPS) is 9.93. The molecule has 76 valence electrons. The molecule has 2 rings (SSSR count). The molecule has 0 amide bonds. The van der Waals surface area contributed by atoms with E-state index in [4.69, 9.17) is 10.5 Å². The van der Waals surface area contributed by atoms with Crippen LogP contribution in [0.4, 0.5) is 5.82 Å². The first-order chi connectivity index (χ1) is 7.29. The summed E-state index contributed by atoms with van der Waals surface area (Å²) in [6.45, 7) is 0. The molecule has 0 aliphatic heterocycles. The van der Waals surface area contributed by atoms with Crippen molar-refractivity contribution >= 4 is 5.82 Å². The lowest BCUT2D eigenvalue weighted by Gasteiger charge is -2.02. The van der Waals surface area contributed by atoms with Crippen molar-refractivity contribution in [3.63, 3.8) is 0 Å². The molecule has 0 bridgehead atoms. The average Bonchev–Trinajstić information content (AvgIpc) is 2.30. The van der Waals surface area contributed by atoms with Gasteiger partial charge in [0, 0.05) is 29.6 Å². The van der Waals surface area contributed by atoms with Gasteiger partial charge in [0.05, 0.1) is 7.11 Å². The van der Waals surface area contributed by atoms with E-state index in [0.717, 1.165) is 11.1 Å². The number of nitrogens with zero attached hydrogens (tertiary/aromatic N) is 2. The Kier molecular flexibility index (Phi) is 2.49. The third-order valence-electron chi connectivity index (χ3n) is 2.07. The molecule has 15 heavy (non-hydrogen) atoms. The van der Waals surface area contributed by atoms with Crippen LogP contribution in [0.1, 0.15) is 0 Å². The van der Waals surface area contributed by atoms with E-state index in [1.807, 2.05) is 18.2 Å². The van der Waals surface area contributed by atoms with Crippen molar-refractivity contribution in [1.29, 1.82) is 0 Å². The predicted molar refractivity (Wildman–Crippen MR) is 58.4 cm³/mol. The van der Waals surface area contributed by atoms with E-state index >= 15 is 0 Å². The number of hydrogen-bond donors (Lipinski definition) is 1. The SMILES string of the molecule is COc1ccc(-c2ccc(N)nc2)cn1. The summed E-state index contributed by atoms with van der Waals surface area (Å²) in [4.78, 5) is 8.13. The van der Waals surface area contributed by atoms with Gasteiger partial charge < -0.3 is 10.5 Å². The Labute approximate surface area is 87.7 Å². The zero-order valence-corrected chi connectivity index (χ0v) is 8.34. The minimum atomic E-state index is 0.514. The van der Waals surface area contributed by atoms with Crippen LogP contribution in [0.5, 0.6) is 5.88 Å². The molecule has 2 aromatic heterocycles. The van der Waals surface area contributed by atoms with Crippen LogP contribution in [-0.2, 0) is 0 Å². The van der Waals surface area contributed by atoms with Crippen LogP contribution < -0.4 is 10.5 Å². The summed E-state index contributed by atoms with van der Waals surface area (Å²) >= 11 is 0. The first-order valence-corrected chi connectivity index (χ1v) is 4.51. The van der Waals surface area contributed by atoms with Crippen molar-refractivity contribution in [2.24, 2.45) is 0 Å². The fourth-order valence-electron chi connectivity index (χ4n) is 1.25. The van der Waals surface area contributed by atoms with Gasteiger partial charge in [0.15, 0.2) is 0 Å². The number of pyridine rings is 2. The molecule has 0 aliphatic carbocycles. The van der Waals surface area contributed by atoms with Gasteiger partial charge in [-0.15, -0.1) is 0 Å². The van der Waals surface area contributed by atoms with Gasteiger partial charge in [0.2, 0.25) is 5.88 Å². The standard InChI is InChI=1S/C11H11N3O/c1-15-11-5-3-9(7-14-11)8-2-4-10(12)13-6-8/h2-7H,1H3,(H2,12,13). The summed E-state index contributed by atoms with van der Waals surface area (Å²) in [7, 11) is 1.59. The maximum absolute atomic E-state index is 5.50. The lowest BCUT2D eigenvalue weighted by molar-refractivity contribution is 0.398. The first-order valence-electron chi connectivity index (χ1n) is 4.51. The van der Waals surface area contributed by atoms with E-state index in [-0.39, 0.29) is 0 Å². The molecule has 0 atom stereocenters. The molecule has 0 saturated carbocycles. The second kappa shape index (κ2) is 3.96. The Morgan fingerprint density at radius 2 is 1.67 bits per heavy atom. The smallest absolute Gasteiger partial charge is 0.212 e. The fourth-order valence-corrected chi connectivity index (χ4v) is 1.25. The Balaban J connectivity index is 2.33. The minimum Gasteiger partial charge on any atom is -0.481 e. The topological polar surface area (TPSA) is 61.0 Å². The highest BCUT2D eigenvalue weighted by atomic mass is 16.5. The summed E-state index contributed by atoms with van der Waals surface area (Å²) < 4.78 is 4.98. The van der Waals surface area contributed by atoms with Gasteiger partial charge >= 0.3 is 0 Å². The summed E-state index contributed by atoms with van der Waals surface area (Å²) in [5, 5.41) is 0. The van der Waals surface area contributed by atoms with E-state index < -0.39 is 0 Å². The highest BCUT2D eigenvalue weighted by molar-refractivity contribution is 5.62. The maximum Gasteiger partial charge on any atom is 0.212 e. The Morgan fingerprint density at radius 3 is 2.13 bits per heavy atom. The molecule has 2 aromatic rings. The van der Waals surface area contributed by atoms with Crippen LogP contribution >= 0.6 is 0 Å². The third-order valence-corrected chi connectivity index (χ3v) is 2.07. The zero-order chi connectivity index (χ0) is 10.7. The largest absolute Gasteiger partial charge is 0.481 e. The van der Waals surface area contributed by atoms with Crippen molar-refractivity contribution in [2.75, 3.05) is 12.8 Å². The third kappa shape index (κ3) is 2.04. The zero-order valence-electron chi connectivity index (χ0n) is 8.34. The average molecular weight is 201 g/mol. The van der Waals surface area contributed by atoms with Gasteiger partial charge in [-0.05, 0) is 18.2 Å². The predicted octanol–water partition coefficient (Wildman–Crippen LogP) is 1.73. The number of nitrogen functional groups attached to an aromatic ring is 1. The van der Waals surface area contributed by atoms with E-state index in [2.05, 4.69) is 9.97 Å². The highest BCUT2D eigenvalue weighted by Crippen LogP contribution is 2.19. The van der Waals surface area contributed by atoms with Crippen LogP contribution in [0.2, 0.25) is 0 Å². The second-order valence-electron chi connectivity index (χ2n) is 3.06. The number of anilines is 1. The van der Waals surface area contributed by atoms with E-state index in [1.54, 1.807) is 25.6 Å². The molecule has 0 spiro atoms. The Hall–Kier alpha value is -2.10. The number of nitrogens with two attached hydrogens (primary N) is 1. The van der Waals surface area contributed by atoms with Crippen LogP contribution in [0.25, 0.3) is 11.1 Å². The van der Waals surface area contributed by atoms with Crippen molar-refractivity contribution in [2.45, 2.75) is 0 Å². The maximum atomic E-state index is 5.50. The molecule has 0 radical (unpaired) electrons. The number of aromatic nitrogens is 2. The number of rotatable bonds is 2. The van der Waals surface area contributed by atoms with Gasteiger partial charge in [0.1, 0.15) is 5.82 Å². The van der Waals surface area contributed by atoms with Gasteiger partial charge in [-0.3, -0.25) is 0 Å². The molecular weight excluding hydrogens is 190 g/mol. The quantitative estimate of drug-likeness (QED) is 0.803. The molecule has 4 heteroatoms. The summed E-state index contributed by atoms with van der Waals surface area (Å²) in [6, 6.07) is 7.41. The van der Waals surface area contributed by atoms with E-state index in [1.165, 1.54) is 0 Å². The fraction of sp³-hybridized carbons (Fsp3) is 0.0909. The molecule has 0 aromatic carbocycles. The lowest BCUT2D eigenvalue weighted by Crippen LogP contribution is -1.90. The van der Waals surface area contributed by atoms with Crippen molar-refractivity contribution < 1.29 is 4.74 Å². The monoisotopic (exact) mass is 201 g/mol. The highest BCUT2D eigenvalue weighted by Gasteiger charge is 1.99. The van der Waals surface area contributed by atoms with Crippen LogP contribution in [-0.4, -0.2) is 17.1 Å². The first kappa shape index (κ1) is 9.45. The Bertz CT molecular complexity index is 436. The van der Waals surface area contributed by atoms with E-state index in [9.17, 15) is 0 Å². The van der Waals surface area contributed by atoms with Gasteiger partial charge in [-0.2, -0.15) is 0 Å². The molecule has 4 nitrogen and oxygen atoms in total. The molecule has 0 aliphatic rings. The van der Waals surface area contributed by atoms with Crippen molar-refractivity contribution in [3.05, 3.63) is 36.7 Å². The van der Waals surface area contributed by atoms with Crippen LogP contribution in [0.15, 0.2) is 36.7 Å². The van der Waals surface area contributed by atoms with E-state index in [0.29, 0.717) is 11.7 Å². The summed E-state index contributed by atoms with van der Waals surface area (Å²) in [6.07, 6.45) is 3.46. The number of hydrogen-bond acceptors (Lipinski definition) is 4. The molecule has 0 fully saturated rings. The van der Waals surface area contributed by atoms with Gasteiger partial charge in [-0.25, -0.2) is 9.97 Å². The lowest BCUT2D eigenvalue weighted by atomic mass is 10.1. The Morgan fingerprint density at radius 1 is 1.00 bits per heavy atom. The summed E-state index contributed by atoms with van der Waals surface area (Å²) in [5.74, 6) is 1.11. The molecule has 0 saturated heterocycles. The second-order valence-corrected chi connectivity index (χ2v) is 3.06. The molecule has 0 unspecified atom stereocenters. The number of ether oxygens (including phenoxy) is 1. The van der Waals surface area contributed by atoms with Gasteiger partial charge in [-0.1, -0.05) is 0 Å². The van der Waals surface area contributed by atoms with Crippen LogP contribution in [0.3, 0.4) is 0 Å². The van der Waals surface area contributed by atoms with Crippen molar-refractivity contribution in [3.8, 4) is 17.0 Å². The van der Waals surface area contributed by atoms with Crippen molar-refractivity contribution in [1.82, 2.24) is 9.97 Å². The van der Waals surface area contributed by atoms with Gasteiger partial charge in [0.25, 0.3) is 0 Å². The molecule has 2 heterocycles. The number of methoxy groups -OCH3 is 1. The summed E-state index contributed by atoms with van der Waals surface area (Å²) in [5.41, 5.74) is 7.48.